The van der Waals surface area contributed by atoms with Gasteiger partial charge in [0.2, 0.25) is 0 Å². The molecule has 0 radical (unpaired) electrons. The van der Waals surface area contributed by atoms with Crippen LogP contribution in [0.5, 0.6) is 0 Å². The van der Waals surface area contributed by atoms with Gasteiger partial charge in [0.25, 0.3) is 5.69 Å². The van der Waals surface area contributed by atoms with Gasteiger partial charge in [0.15, 0.2) is 0 Å². The highest BCUT2D eigenvalue weighted by atomic mass is 16.6. The fourth-order valence-corrected chi connectivity index (χ4v) is 2.75. The van der Waals surface area contributed by atoms with E-state index in [4.69, 9.17) is 9.47 Å². The molecule has 0 aromatic heterocycles. The minimum Gasteiger partial charge on any atom is -0.464 e. The van der Waals surface area contributed by atoms with Crippen LogP contribution in [0.2, 0.25) is 0 Å². The molecule has 2 rings (SSSR count). The van der Waals surface area contributed by atoms with E-state index in [0.717, 1.165) is 11.1 Å². The molecule has 0 saturated heterocycles. The Morgan fingerprint density at radius 2 is 1.77 bits per heavy atom. The Morgan fingerprint density at radius 1 is 1.10 bits per heavy atom. The first-order chi connectivity index (χ1) is 14.1. The van der Waals surface area contributed by atoms with Crippen molar-refractivity contribution in [2.75, 3.05) is 6.61 Å². The van der Waals surface area contributed by atoms with Crippen LogP contribution < -0.4 is 5.32 Å². The number of carbonyl (C=O) groups excluding carboxylic acids is 2. The third-order valence-electron chi connectivity index (χ3n) is 4.05. The molecule has 1 amide bonds. The van der Waals surface area contributed by atoms with Gasteiger partial charge in [-0.25, -0.2) is 9.59 Å². The molecule has 0 aliphatic heterocycles. The van der Waals surface area contributed by atoms with Crippen molar-refractivity contribution in [1.82, 2.24) is 5.32 Å². The summed E-state index contributed by atoms with van der Waals surface area (Å²) in [4.78, 5) is 34.9. The molecule has 0 bridgehead atoms. The summed E-state index contributed by atoms with van der Waals surface area (Å²) in [7, 11) is 0. The highest BCUT2D eigenvalue weighted by Crippen LogP contribution is 2.24. The lowest BCUT2D eigenvalue weighted by atomic mass is 10.0. The fraction of sp³-hybridized carbons (Fsp3) is 0.364. The lowest BCUT2D eigenvalue weighted by Gasteiger charge is -2.23. The monoisotopic (exact) mass is 414 g/mol. The predicted molar refractivity (Wildman–Crippen MR) is 112 cm³/mol. The first-order valence-corrected chi connectivity index (χ1v) is 9.59. The van der Waals surface area contributed by atoms with Gasteiger partial charge in [-0.3, -0.25) is 10.1 Å². The van der Waals surface area contributed by atoms with Crippen LogP contribution in [0.4, 0.5) is 10.5 Å². The van der Waals surface area contributed by atoms with Crippen LogP contribution >= 0.6 is 0 Å². The van der Waals surface area contributed by atoms with Crippen molar-refractivity contribution in [2.45, 2.75) is 45.8 Å². The zero-order valence-corrected chi connectivity index (χ0v) is 17.5. The maximum atomic E-state index is 12.3. The van der Waals surface area contributed by atoms with Crippen LogP contribution in [0.1, 0.15) is 33.3 Å². The third kappa shape index (κ3) is 6.88. The summed E-state index contributed by atoms with van der Waals surface area (Å²) >= 11 is 0. The van der Waals surface area contributed by atoms with Crippen LogP contribution in [0.25, 0.3) is 11.1 Å². The zero-order valence-electron chi connectivity index (χ0n) is 17.5. The molecule has 2 aromatic rings. The number of nitro benzene ring substituents is 1. The minimum absolute atomic E-state index is 0.0144. The lowest BCUT2D eigenvalue weighted by Crippen LogP contribution is -2.45. The lowest BCUT2D eigenvalue weighted by molar-refractivity contribution is -0.384. The molecule has 160 valence electrons. The molecule has 0 saturated carbocycles. The van der Waals surface area contributed by atoms with E-state index >= 15 is 0 Å². The van der Waals surface area contributed by atoms with Crippen molar-refractivity contribution in [1.29, 1.82) is 0 Å². The Balaban J connectivity index is 2.15. The SMILES string of the molecule is CCOC(=O)[C@H](Cc1ccc(-c2cccc([N+](=O)[O-])c2)cc1)NC(=O)OC(C)(C)C. The summed E-state index contributed by atoms with van der Waals surface area (Å²) in [6, 6.07) is 12.7. The van der Waals surface area contributed by atoms with Crippen LogP contribution in [-0.4, -0.2) is 35.2 Å². The maximum Gasteiger partial charge on any atom is 0.408 e. The molecule has 0 aliphatic carbocycles. The van der Waals surface area contributed by atoms with Gasteiger partial charge in [0, 0.05) is 18.6 Å². The second-order valence-electron chi connectivity index (χ2n) is 7.66. The van der Waals surface area contributed by atoms with Gasteiger partial charge in [-0.05, 0) is 44.4 Å². The van der Waals surface area contributed by atoms with Gasteiger partial charge in [-0.1, -0.05) is 36.4 Å². The van der Waals surface area contributed by atoms with E-state index in [1.807, 2.05) is 12.1 Å². The Hall–Kier alpha value is -3.42. The topological polar surface area (TPSA) is 108 Å². The number of nitro groups is 1. The number of esters is 1. The minimum atomic E-state index is -0.900. The molecule has 0 heterocycles. The summed E-state index contributed by atoms with van der Waals surface area (Å²) in [5.41, 5.74) is 1.63. The van der Waals surface area contributed by atoms with Gasteiger partial charge >= 0.3 is 12.1 Å². The Morgan fingerprint density at radius 3 is 2.33 bits per heavy atom. The number of nitrogens with one attached hydrogen (secondary N) is 1. The Labute approximate surface area is 175 Å². The molecule has 30 heavy (non-hydrogen) atoms. The molecule has 8 heteroatoms. The number of non-ortho nitro benzene ring substituents is 1. The second kappa shape index (κ2) is 9.87. The van der Waals surface area contributed by atoms with Gasteiger partial charge in [-0.2, -0.15) is 0 Å². The number of alkyl carbamates (subject to hydrolysis) is 1. The highest BCUT2D eigenvalue weighted by molar-refractivity contribution is 5.81. The molecule has 0 spiro atoms. The van der Waals surface area contributed by atoms with Crippen LogP contribution in [-0.2, 0) is 20.7 Å². The smallest absolute Gasteiger partial charge is 0.408 e. The number of benzene rings is 2. The first-order valence-electron chi connectivity index (χ1n) is 9.59. The number of carbonyl (C=O) groups is 2. The molecule has 8 nitrogen and oxygen atoms in total. The summed E-state index contributed by atoms with van der Waals surface area (Å²) in [6.45, 7) is 7.09. The standard InChI is InChI=1S/C22H26N2O6/c1-5-29-20(25)19(23-21(26)30-22(2,3)4)13-15-9-11-16(12-10-15)17-7-6-8-18(14-17)24(27)28/h6-12,14,19H,5,13H2,1-4H3,(H,23,26)/t19-/m0/s1. The molecule has 2 aromatic carbocycles. The summed E-state index contributed by atoms with van der Waals surface area (Å²) in [5, 5.41) is 13.5. The number of ether oxygens (including phenoxy) is 2. The molecular weight excluding hydrogens is 388 g/mol. The number of hydrogen-bond donors (Lipinski definition) is 1. The normalized spacial score (nSPS) is 12.0. The summed E-state index contributed by atoms with van der Waals surface area (Å²) < 4.78 is 10.3. The summed E-state index contributed by atoms with van der Waals surface area (Å²) in [6.07, 6.45) is -0.485. The van der Waals surface area contributed by atoms with E-state index in [1.165, 1.54) is 12.1 Å². The first kappa shape index (κ1) is 22.9. The van der Waals surface area contributed by atoms with Gasteiger partial charge in [0.1, 0.15) is 11.6 Å². The van der Waals surface area contributed by atoms with Gasteiger partial charge in [-0.15, -0.1) is 0 Å². The maximum absolute atomic E-state index is 12.3. The molecule has 0 fully saturated rings. The van der Waals surface area contributed by atoms with Crippen molar-refractivity contribution in [2.24, 2.45) is 0 Å². The van der Waals surface area contributed by atoms with Crippen LogP contribution in [0, 0.1) is 10.1 Å². The molecule has 1 atom stereocenters. The largest absolute Gasteiger partial charge is 0.464 e. The van der Waals surface area contributed by atoms with E-state index in [1.54, 1.807) is 52.0 Å². The number of hydrogen-bond acceptors (Lipinski definition) is 6. The Kier molecular flexibility index (Phi) is 7.52. The molecule has 0 unspecified atom stereocenters. The van der Waals surface area contributed by atoms with Crippen LogP contribution in [0.3, 0.4) is 0 Å². The molecule has 0 aliphatic rings. The zero-order chi connectivity index (χ0) is 22.3. The number of rotatable bonds is 7. The average Bonchev–Trinajstić information content (AvgIpc) is 2.67. The van der Waals surface area contributed by atoms with Crippen molar-refractivity contribution >= 4 is 17.7 Å². The van der Waals surface area contributed by atoms with E-state index in [0.29, 0.717) is 5.56 Å². The van der Waals surface area contributed by atoms with Crippen molar-refractivity contribution in [3.05, 3.63) is 64.2 Å². The highest BCUT2D eigenvalue weighted by Gasteiger charge is 2.25. The van der Waals surface area contributed by atoms with Crippen molar-refractivity contribution in [3.63, 3.8) is 0 Å². The number of nitrogens with zero attached hydrogens (tertiary/aromatic N) is 1. The van der Waals surface area contributed by atoms with E-state index in [-0.39, 0.29) is 18.7 Å². The van der Waals surface area contributed by atoms with E-state index < -0.39 is 28.6 Å². The number of amides is 1. The van der Waals surface area contributed by atoms with Crippen LogP contribution in [0.15, 0.2) is 48.5 Å². The Bertz CT molecular complexity index is 903. The predicted octanol–water partition coefficient (Wildman–Crippen LogP) is 4.26. The van der Waals surface area contributed by atoms with Gasteiger partial charge in [0.05, 0.1) is 11.5 Å². The van der Waals surface area contributed by atoms with Crippen molar-refractivity contribution in [3.8, 4) is 11.1 Å². The second-order valence-corrected chi connectivity index (χ2v) is 7.66. The van der Waals surface area contributed by atoms with E-state index in [2.05, 4.69) is 5.32 Å². The fourth-order valence-electron chi connectivity index (χ4n) is 2.75. The third-order valence-corrected chi connectivity index (χ3v) is 4.05. The van der Waals surface area contributed by atoms with Gasteiger partial charge < -0.3 is 14.8 Å². The average molecular weight is 414 g/mol. The molecular formula is C22H26N2O6. The molecule has 1 N–H and O–H groups in total. The summed E-state index contributed by atoms with van der Waals surface area (Å²) in [5.74, 6) is -0.550. The quantitative estimate of drug-likeness (QED) is 0.412. The van der Waals surface area contributed by atoms with E-state index in [9.17, 15) is 19.7 Å². The van der Waals surface area contributed by atoms with Crippen molar-refractivity contribution < 1.29 is 24.0 Å².